The number of benzene rings is 1. The number of rotatable bonds is 5. The highest BCUT2D eigenvalue weighted by atomic mass is 16.5. The number of aliphatic hydroxyl groups excluding tert-OH is 2. The molecule has 204 valence electrons. The predicted molar refractivity (Wildman–Crippen MR) is 136 cm³/mol. The molecule has 0 radical (unpaired) electrons. The van der Waals surface area contributed by atoms with E-state index in [2.05, 4.69) is 0 Å². The third kappa shape index (κ3) is 3.47. The molecule has 4 rings (SSSR count). The van der Waals surface area contributed by atoms with E-state index in [9.17, 15) is 39.6 Å². The quantitative estimate of drug-likeness (QED) is 0.334. The van der Waals surface area contributed by atoms with E-state index in [1.54, 1.807) is 33.8 Å². The molecule has 3 aliphatic rings. The summed E-state index contributed by atoms with van der Waals surface area (Å²) in [7, 11) is 1.28. The SMILES string of the molecule is COC(=O)CCc1ccc(O)c2c1C[C@]1(C)C[C@]3(C)C(C(C)C)C(=O)C(C(C)=O)=C(O)[C@]3(O)C(=O)C1=C2O. The number of phenolic OH excluding ortho intramolecular Hbond substituents is 1. The molecular weight excluding hydrogens is 492 g/mol. The van der Waals surface area contributed by atoms with Crippen LogP contribution in [0.3, 0.4) is 0 Å². The second-order valence-electron chi connectivity index (χ2n) is 11.6. The van der Waals surface area contributed by atoms with Gasteiger partial charge in [-0.15, -0.1) is 0 Å². The van der Waals surface area contributed by atoms with Gasteiger partial charge in [0, 0.05) is 28.7 Å². The van der Waals surface area contributed by atoms with Crippen LogP contribution in [0.5, 0.6) is 5.75 Å². The summed E-state index contributed by atoms with van der Waals surface area (Å²) in [6.45, 7) is 7.90. The lowest BCUT2D eigenvalue weighted by Crippen LogP contribution is -2.69. The Bertz CT molecular complexity index is 1350. The zero-order chi connectivity index (χ0) is 28.5. The van der Waals surface area contributed by atoms with Gasteiger partial charge >= 0.3 is 5.97 Å². The van der Waals surface area contributed by atoms with Crippen molar-refractivity contribution in [3.63, 3.8) is 0 Å². The van der Waals surface area contributed by atoms with Crippen LogP contribution in [0.1, 0.15) is 64.2 Å². The van der Waals surface area contributed by atoms with Crippen LogP contribution in [0.4, 0.5) is 0 Å². The molecule has 0 aliphatic heterocycles. The van der Waals surface area contributed by atoms with E-state index >= 15 is 0 Å². The molecule has 4 atom stereocenters. The molecular formula is C29H34O9. The first-order valence-electron chi connectivity index (χ1n) is 12.7. The van der Waals surface area contributed by atoms with Gasteiger partial charge in [-0.1, -0.05) is 33.8 Å². The first-order valence-corrected chi connectivity index (χ1v) is 12.7. The summed E-state index contributed by atoms with van der Waals surface area (Å²) >= 11 is 0. The average molecular weight is 527 g/mol. The summed E-state index contributed by atoms with van der Waals surface area (Å²) in [5, 5.41) is 45.4. The fourth-order valence-electron chi connectivity index (χ4n) is 7.35. The number of aliphatic hydroxyl groups is 3. The molecule has 0 spiro atoms. The number of fused-ring (bicyclic) bond motifs is 3. The van der Waals surface area contributed by atoms with E-state index in [0.29, 0.717) is 11.1 Å². The first-order chi connectivity index (χ1) is 17.6. The van der Waals surface area contributed by atoms with E-state index < -0.39 is 68.7 Å². The van der Waals surface area contributed by atoms with Gasteiger partial charge in [0.05, 0.1) is 12.7 Å². The Balaban J connectivity index is 2.00. The molecule has 3 aliphatic carbocycles. The number of hydrogen-bond acceptors (Lipinski definition) is 9. The van der Waals surface area contributed by atoms with Crippen molar-refractivity contribution in [1.29, 1.82) is 0 Å². The maximum Gasteiger partial charge on any atom is 0.305 e. The van der Waals surface area contributed by atoms with Crippen LogP contribution in [-0.4, -0.2) is 56.5 Å². The Morgan fingerprint density at radius 1 is 1.13 bits per heavy atom. The van der Waals surface area contributed by atoms with E-state index in [4.69, 9.17) is 4.74 Å². The fourth-order valence-corrected chi connectivity index (χ4v) is 7.35. The van der Waals surface area contributed by atoms with Gasteiger partial charge < -0.3 is 25.2 Å². The predicted octanol–water partition coefficient (Wildman–Crippen LogP) is 3.30. The second kappa shape index (κ2) is 8.80. The topological polar surface area (TPSA) is 158 Å². The molecule has 0 amide bonds. The van der Waals surface area contributed by atoms with E-state index in [0.717, 1.165) is 6.92 Å². The van der Waals surface area contributed by atoms with Crippen LogP contribution < -0.4 is 0 Å². The molecule has 1 aromatic rings. The molecule has 1 aromatic carbocycles. The van der Waals surface area contributed by atoms with E-state index in [-0.39, 0.29) is 42.6 Å². The Labute approximate surface area is 220 Å². The lowest BCUT2D eigenvalue weighted by atomic mass is 9.43. The number of Topliss-reactive ketones (excluding diaryl/α,β-unsaturated/α-hetero) is 3. The molecule has 9 nitrogen and oxygen atoms in total. The monoisotopic (exact) mass is 526 g/mol. The number of ether oxygens (including phenoxy) is 1. The van der Waals surface area contributed by atoms with Gasteiger partial charge in [0.2, 0.25) is 5.78 Å². The zero-order valence-corrected chi connectivity index (χ0v) is 22.5. The summed E-state index contributed by atoms with van der Waals surface area (Å²) in [5.74, 6) is -6.03. The van der Waals surface area contributed by atoms with Crippen molar-refractivity contribution in [3.05, 3.63) is 45.7 Å². The Morgan fingerprint density at radius 3 is 2.32 bits per heavy atom. The Kier molecular flexibility index (Phi) is 6.38. The first kappa shape index (κ1) is 27.6. The largest absolute Gasteiger partial charge is 0.508 e. The van der Waals surface area contributed by atoms with Crippen LogP contribution in [0.2, 0.25) is 0 Å². The van der Waals surface area contributed by atoms with Gasteiger partial charge in [-0.05, 0) is 49.3 Å². The van der Waals surface area contributed by atoms with Crippen molar-refractivity contribution in [2.75, 3.05) is 7.11 Å². The Morgan fingerprint density at radius 2 is 1.76 bits per heavy atom. The summed E-state index contributed by atoms with van der Waals surface area (Å²) < 4.78 is 4.74. The van der Waals surface area contributed by atoms with Crippen molar-refractivity contribution in [2.45, 2.75) is 65.9 Å². The number of hydrogen-bond donors (Lipinski definition) is 4. The van der Waals surface area contributed by atoms with Crippen molar-refractivity contribution in [1.82, 2.24) is 0 Å². The van der Waals surface area contributed by atoms with E-state index in [1.807, 2.05) is 0 Å². The van der Waals surface area contributed by atoms with Crippen LogP contribution in [0, 0.1) is 22.7 Å². The van der Waals surface area contributed by atoms with Crippen molar-refractivity contribution in [2.24, 2.45) is 22.7 Å². The number of aryl methyl sites for hydroxylation is 1. The molecule has 38 heavy (non-hydrogen) atoms. The molecule has 1 unspecified atom stereocenters. The minimum atomic E-state index is -2.64. The van der Waals surface area contributed by atoms with Crippen molar-refractivity contribution >= 4 is 29.1 Å². The van der Waals surface area contributed by atoms with Gasteiger partial charge in [-0.3, -0.25) is 19.2 Å². The van der Waals surface area contributed by atoms with Crippen LogP contribution in [0.15, 0.2) is 29.0 Å². The number of methoxy groups -OCH3 is 1. The van der Waals surface area contributed by atoms with Gasteiger partial charge in [0.15, 0.2) is 17.2 Å². The fraction of sp³-hybridized carbons (Fsp3) is 0.517. The molecule has 0 aromatic heterocycles. The molecule has 9 heteroatoms. The second-order valence-corrected chi connectivity index (χ2v) is 11.6. The third-order valence-electron chi connectivity index (χ3n) is 8.81. The number of esters is 1. The maximum absolute atomic E-state index is 14.2. The lowest BCUT2D eigenvalue weighted by Gasteiger charge is -2.59. The number of allylic oxidation sites excluding steroid dienone is 1. The highest BCUT2D eigenvalue weighted by Gasteiger charge is 2.72. The standard InChI is InChI=1S/C29H34O9/c1-13(2)21-23(33)19(14(3)30)25(35)29(37)26(36)22-24(34)20-16(11-27(22,4)12-28(21,29)5)15(7-9-17(20)31)8-10-18(32)38-6/h7,9,13,21,31,34-35,37H,8,10-12H2,1-6H3/t21?,27-,28-,29+/m1/s1. The van der Waals surface area contributed by atoms with Crippen LogP contribution in [0.25, 0.3) is 5.76 Å². The Hall–Kier alpha value is -3.46. The van der Waals surface area contributed by atoms with Crippen LogP contribution in [-0.2, 0) is 36.8 Å². The summed E-state index contributed by atoms with van der Waals surface area (Å²) in [5.41, 5.74) is -4.82. The van der Waals surface area contributed by atoms with Gasteiger partial charge in [-0.2, -0.15) is 0 Å². The van der Waals surface area contributed by atoms with Crippen molar-refractivity contribution < 1.29 is 44.3 Å². The van der Waals surface area contributed by atoms with Gasteiger partial charge in [0.25, 0.3) is 0 Å². The number of carbonyl (C=O) groups is 4. The summed E-state index contributed by atoms with van der Waals surface area (Å²) in [6.07, 6.45) is 0.500. The molecule has 0 saturated heterocycles. The summed E-state index contributed by atoms with van der Waals surface area (Å²) in [4.78, 5) is 52.0. The zero-order valence-electron chi connectivity index (χ0n) is 22.5. The van der Waals surface area contributed by atoms with Gasteiger partial charge in [-0.25, -0.2) is 0 Å². The number of phenols is 1. The highest BCUT2D eigenvalue weighted by Crippen LogP contribution is 2.65. The molecule has 0 heterocycles. The molecule has 4 N–H and O–H groups in total. The average Bonchev–Trinajstić information content (AvgIpc) is 2.80. The third-order valence-corrected chi connectivity index (χ3v) is 8.81. The minimum Gasteiger partial charge on any atom is -0.508 e. The minimum absolute atomic E-state index is 0.0109. The van der Waals surface area contributed by atoms with E-state index in [1.165, 1.54) is 13.2 Å². The number of carbonyl (C=O) groups excluding carboxylic acids is 4. The number of ketones is 3. The molecule has 1 saturated carbocycles. The normalized spacial score (nSPS) is 30.7. The smallest absolute Gasteiger partial charge is 0.305 e. The van der Waals surface area contributed by atoms with Crippen LogP contribution >= 0.6 is 0 Å². The van der Waals surface area contributed by atoms with Crippen molar-refractivity contribution in [3.8, 4) is 5.75 Å². The van der Waals surface area contributed by atoms with Gasteiger partial charge in [0.1, 0.15) is 22.8 Å². The number of aromatic hydroxyl groups is 1. The molecule has 1 fully saturated rings. The molecule has 0 bridgehead atoms. The lowest BCUT2D eigenvalue weighted by molar-refractivity contribution is -0.178. The highest BCUT2D eigenvalue weighted by molar-refractivity contribution is 6.24. The summed E-state index contributed by atoms with van der Waals surface area (Å²) in [6, 6.07) is 3.01. The maximum atomic E-state index is 14.2.